The molecule has 1 atom stereocenters. The van der Waals surface area contributed by atoms with Gasteiger partial charge < -0.3 is 5.32 Å². The third-order valence-corrected chi connectivity index (χ3v) is 4.00. The maximum Gasteiger partial charge on any atom is 0.0798 e. The lowest BCUT2D eigenvalue weighted by molar-refractivity contribution is 0.581. The zero-order valence-electron chi connectivity index (χ0n) is 10.3. The van der Waals surface area contributed by atoms with Gasteiger partial charge in [0.2, 0.25) is 0 Å². The third kappa shape index (κ3) is 3.38. The topological polar surface area (TPSA) is 24.9 Å². The molecule has 0 spiro atoms. The van der Waals surface area contributed by atoms with E-state index in [0.717, 1.165) is 18.7 Å². The van der Waals surface area contributed by atoms with Gasteiger partial charge in [0.05, 0.1) is 11.2 Å². The first-order valence-corrected chi connectivity index (χ1v) is 6.82. The van der Waals surface area contributed by atoms with Crippen molar-refractivity contribution < 1.29 is 0 Å². The fourth-order valence-electron chi connectivity index (χ4n) is 1.90. The molecular formula is C14H18N2S. The molecule has 1 aromatic carbocycles. The molecular weight excluding hydrogens is 228 g/mol. The average Bonchev–Trinajstić information content (AvgIpc) is 2.77. The molecule has 0 amide bonds. The second-order valence-electron chi connectivity index (χ2n) is 4.21. The van der Waals surface area contributed by atoms with Crippen molar-refractivity contribution in [3.63, 3.8) is 0 Å². The van der Waals surface area contributed by atoms with Crippen LogP contribution < -0.4 is 5.32 Å². The molecule has 2 rings (SSSR count). The maximum absolute atomic E-state index is 4.28. The lowest BCUT2D eigenvalue weighted by Gasteiger charge is -2.12. The molecule has 2 nitrogen and oxygen atoms in total. The molecule has 0 aliphatic rings. The van der Waals surface area contributed by atoms with E-state index in [1.165, 1.54) is 10.4 Å². The van der Waals surface area contributed by atoms with Gasteiger partial charge in [-0.2, -0.15) is 0 Å². The molecule has 1 heterocycles. The highest BCUT2D eigenvalue weighted by atomic mass is 32.1. The zero-order valence-corrected chi connectivity index (χ0v) is 11.1. The van der Waals surface area contributed by atoms with Crippen molar-refractivity contribution in [3.8, 4) is 0 Å². The van der Waals surface area contributed by atoms with E-state index in [9.17, 15) is 0 Å². The summed E-state index contributed by atoms with van der Waals surface area (Å²) in [5.41, 5.74) is 4.45. The first-order valence-electron chi connectivity index (χ1n) is 5.94. The second kappa shape index (κ2) is 5.94. The Morgan fingerprint density at radius 3 is 2.71 bits per heavy atom. The van der Waals surface area contributed by atoms with Crippen LogP contribution in [0.5, 0.6) is 0 Å². The minimum atomic E-state index is 0.395. The maximum atomic E-state index is 4.28. The number of benzene rings is 1. The van der Waals surface area contributed by atoms with Gasteiger partial charge in [0, 0.05) is 10.9 Å². The fourth-order valence-corrected chi connectivity index (χ4v) is 2.73. The number of aryl methyl sites for hydroxylation is 1. The zero-order chi connectivity index (χ0) is 12.1. The van der Waals surface area contributed by atoms with Gasteiger partial charge in [-0.3, -0.25) is 0 Å². The SMILES string of the molecule is Cc1ncsc1C(C)NCCc1ccccc1. The van der Waals surface area contributed by atoms with Gasteiger partial charge >= 0.3 is 0 Å². The van der Waals surface area contributed by atoms with Crippen molar-refractivity contribution >= 4 is 11.3 Å². The van der Waals surface area contributed by atoms with E-state index in [1.54, 1.807) is 11.3 Å². The molecule has 3 heteroatoms. The summed E-state index contributed by atoms with van der Waals surface area (Å²) in [6.07, 6.45) is 1.07. The summed E-state index contributed by atoms with van der Waals surface area (Å²) in [6.45, 7) is 5.27. The summed E-state index contributed by atoms with van der Waals surface area (Å²) >= 11 is 1.73. The molecule has 0 fully saturated rings. The Labute approximate surface area is 107 Å². The van der Waals surface area contributed by atoms with Crippen molar-refractivity contribution in [1.29, 1.82) is 0 Å². The molecule has 1 N–H and O–H groups in total. The number of rotatable bonds is 5. The molecule has 0 aliphatic carbocycles. The highest BCUT2D eigenvalue weighted by Crippen LogP contribution is 2.20. The minimum Gasteiger partial charge on any atom is -0.309 e. The van der Waals surface area contributed by atoms with E-state index in [1.807, 2.05) is 5.51 Å². The molecule has 0 saturated carbocycles. The molecule has 90 valence electrons. The summed E-state index contributed by atoms with van der Waals surface area (Å²) in [5, 5.41) is 3.54. The van der Waals surface area contributed by atoms with E-state index < -0.39 is 0 Å². The van der Waals surface area contributed by atoms with Crippen LogP contribution in [0, 0.1) is 6.92 Å². The van der Waals surface area contributed by atoms with Crippen LogP contribution in [0.15, 0.2) is 35.8 Å². The Balaban J connectivity index is 1.81. The van der Waals surface area contributed by atoms with Crippen molar-refractivity contribution in [2.45, 2.75) is 26.3 Å². The predicted molar refractivity (Wildman–Crippen MR) is 73.4 cm³/mol. The van der Waals surface area contributed by atoms with Gasteiger partial charge in [-0.05, 0) is 32.4 Å². The fraction of sp³-hybridized carbons (Fsp3) is 0.357. The lowest BCUT2D eigenvalue weighted by Crippen LogP contribution is -2.21. The third-order valence-electron chi connectivity index (χ3n) is 2.88. The highest BCUT2D eigenvalue weighted by molar-refractivity contribution is 7.09. The van der Waals surface area contributed by atoms with Gasteiger partial charge in [-0.1, -0.05) is 30.3 Å². The molecule has 2 aromatic rings. The molecule has 0 aliphatic heterocycles. The van der Waals surface area contributed by atoms with Crippen LogP contribution >= 0.6 is 11.3 Å². The second-order valence-corrected chi connectivity index (χ2v) is 5.10. The first kappa shape index (κ1) is 12.3. The molecule has 17 heavy (non-hydrogen) atoms. The summed E-state index contributed by atoms with van der Waals surface area (Å²) in [6, 6.07) is 11.0. The Morgan fingerprint density at radius 1 is 1.29 bits per heavy atom. The van der Waals surface area contributed by atoms with Crippen LogP contribution in [0.1, 0.15) is 29.1 Å². The van der Waals surface area contributed by atoms with E-state index in [0.29, 0.717) is 6.04 Å². The Bertz CT molecular complexity index is 450. The van der Waals surface area contributed by atoms with E-state index in [4.69, 9.17) is 0 Å². The number of nitrogens with zero attached hydrogens (tertiary/aromatic N) is 1. The van der Waals surface area contributed by atoms with Gasteiger partial charge in [-0.15, -0.1) is 11.3 Å². The van der Waals surface area contributed by atoms with Crippen LogP contribution in [0.2, 0.25) is 0 Å². The minimum absolute atomic E-state index is 0.395. The van der Waals surface area contributed by atoms with Crippen molar-refractivity contribution in [2.24, 2.45) is 0 Å². The van der Waals surface area contributed by atoms with Crippen molar-refractivity contribution in [1.82, 2.24) is 10.3 Å². The van der Waals surface area contributed by atoms with Crippen LogP contribution in [-0.4, -0.2) is 11.5 Å². The average molecular weight is 246 g/mol. The summed E-state index contributed by atoms with van der Waals surface area (Å²) in [4.78, 5) is 5.63. The lowest BCUT2D eigenvalue weighted by atomic mass is 10.1. The van der Waals surface area contributed by atoms with Gasteiger partial charge in [-0.25, -0.2) is 4.98 Å². The van der Waals surface area contributed by atoms with E-state index >= 15 is 0 Å². The molecule has 0 saturated heterocycles. The highest BCUT2D eigenvalue weighted by Gasteiger charge is 2.09. The summed E-state index contributed by atoms with van der Waals surface area (Å²) in [7, 11) is 0. The summed E-state index contributed by atoms with van der Waals surface area (Å²) in [5.74, 6) is 0. The van der Waals surface area contributed by atoms with Gasteiger partial charge in [0.25, 0.3) is 0 Å². The van der Waals surface area contributed by atoms with Crippen LogP contribution in [0.4, 0.5) is 0 Å². The Hall–Kier alpha value is -1.19. The summed E-state index contributed by atoms with van der Waals surface area (Å²) < 4.78 is 0. The van der Waals surface area contributed by atoms with E-state index in [2.05, 4.69) is 54.5 Å². The van der Waals surface area contributed by atoms with Gasteiger partial charge in [0.1, 0.15) is 0 Å². The predicted octanol–water partition coefficient (Wildman–Crippen LogP) is 3.34. The van der Waals surface area contributed by atoms with Crippen LogP contribution in [0.25, 0.3) is 0 Å². The van der Waals surface area contributed by atoms with Crippen LogP contribution in [0.3, 0.4) is 0 Å². The molecule has 0 radical (unpaired) electrons. The van der Waals surface area contributed by atoms with Crippen LogP contribution in [-0.2, 0) is 6.42 Å². The number of hydrogen-bond acceptors (Lipinski definition) is 3. The van der Waals surface area contributed by atoms with Gasteiger partial charge in [0.15, 0.2) is 0 Å². The van der Waals surface area contributed by atoms with Crippen molar-refractivity contribution in [3.05, 3.63) is 52.0 Å². The molecule has 0 bridgehead atoms. The normalized spacial score (nSPS) is 12.6. The quantitative estimate of drug-likeness (QED) is 0.875. The standard InChI is InChI=1S/C14H18N2S/c1-11(14-12(2)16-10-17-14)15-9-8-13-6-4-3-5-7-13/h3-7,10-11,15H,8-9H2,1-2H3. The largest absolute Gasteiger partial charge is 0.309 e. The molecule has 1 aromatic heterocycles. The first-order chi connectivity index (χ1) is 8.27. The number of thiazole rings is 1. The van der Waals surface area contributed by atoms with Crippen molar-refractivity contribution in [2.75, 3.05) is 6.54 Å². The smallest absolute Gasteiger partial charge is 0.0798 e. The Kier molecular flexibility index (Phi) is 4.29. The Morgan fingerprint density at radius 2 is 2.06 bits per heavy atom. The van der Waals surface area contributed by atoms with E-state index in [-0.39, 0.29) is 0 Å². The number of nitrogens with one attached hydrogen (secondary N) is 1. The monoisotopic (exact) mass is 246 g/mol. The molecule has 1 unspecified atom stereocenters. The number of hydrogen-bond donors (Lipinski definition) is 1. The number of aromatic nitrogens is 1.